The molecule has 0 bridgehead atoms. The zero-order chi connectivity index (χ0) is 9.68. The molecule has 1 aromatic heterocycles. The fourth-order valence-corrected chi connectivity index (χ4v) is 1.55. The lowest BCUT2D eigenvalue weighted by atomic mass is 10.3. The second-order valence-electron chi connectivity index (χ2n) is 2.68. The number of rotatable bonds is 5. The van der Waals surface area contributed by atoms with Gasteiger partial charge in [0.1, 0.15) is 0 Å². The number of hydrogen-bond acceptors (Lipinski definition) is 3. The number of aliphatic carboxylic acids is 1. The van der Waals surface area contributed by atoms with E-state index in [1.54, 1.807) is 11.3 Å². The van der Waals surface area contributed by atoms with Crippen molar-refractivity contribution in [2.45, 2.75) is 19.4 Å². The van der Waals surface area contributed by atoms with Gasteiger partial charge in [-0.05, 0) is 18.4 Å². The highest BCUT2D eigenvalue weighted by molar-refractivity contribution is 7.09. The van der Waals surface area contributed by atoms with Crippen molar-refractivity contribution in [1.82, 2.24) is 0 Å². The molecule has 0 saturated heterocycles. The van der Waals surface area contributed by atoms with Crippen molar-refractivity contribution in [3.8, 4) is 0 Å². The average molecular weight is 200 g/mol. The molecule has 0 aliphatic heterocycles. The second-order valence-corrected chi connectivity index (χ2v) is 3.71. The topological polar surface area (TPSA) is 46.5 Å². The van der Waals surface area contributed by atoms with Gasteiger partial charge in [-0.25, -0.2) is 4.79 Å². The molecule has 1 atom stereocenters. The molecule has 1 heterocycles. The number of thiophene rings is 1. The van der Waals surface area contributed by atoms with E-state index >= 15 is 0 Å². The van der Waals surface area contributed by atoms with E-state index < -0.39 is 12.1 Å². The zero-order valence-electron chi connectivity index (χ0n) is 7.40. The van der Waals surface area contributed by atoms with Crippen LogP contribution in [0.3, 0.4) is 0 Å². The van der Waals surface area contributed by atoms with Gasteiger partial charge in [-0.1, -0.05) is 6.07 Å². The molecular formula is C9H12O3S. The molecule has 0 saturated carbocycles. The first kappa shape index (κ1) is 10.2. The Labute approximate surface area is 81.0 Å². The van der Waals surface area contributed by atoms with Gasteiger partial charge in [0, 0.05) is 11.3 Å². The Bertz CT molecular complexity index is 256. The van der Waals surface area contributed by atoms with E-state index in [0.29, 0.717) is 6.61 Å². The molecule has 13 heavy (non-hydrogen) atoms. The van der Waals surface area contributed by atoms with Crippen molar-refractivity contribution in [1.29, 1.82) is 0 Å². The smallest absolute Gasteiger partial charge is 0.332 e. The van der Waals surface area contributed by atoms with Gasteiger partial charge in [0.2, 0.25) is 0 Å². The van der Waals surface area contributed by atoms with Gasteiger partial charge in [0.25, 0.3) is 0 Å². The molecule has 0 aromatic carbocycles. The number of hydrogen-bond donors (Lipinski definition) is 1. The molecule has 0 aliphatic carbocycles. The van der Waals surface area contributed by atoms with Crippen LogP contribution in [0.15, 0.2) is 17.5 Å². The summed E-state index contributed by atoms with van der Waals surface area (Å²) in [5.41, 5.74) is 0. The van der Waals surface area contributed by atoms with Crippen LogP contribution in [0.4, 0.5) is 0 Å². The molecule has 1 aromatic rings. The molecule has 0 spiro atoms. The molecule has 0 radical (unpaired) electrons. The van der Waals surface area contributed by atoms with Crippen molar-refractivity contribution in [2.75, 3.05) is 6.61 Å². The van der Waals surface area contributed by atoms with E-state index in [9.17, 15) is 4.79 Å². The van der Waals surface area contributed by atoms with Crippen molar-refractivity contribution in [2.24, 2.45) is 0 Å². The number of ether oxygens (including phenoxy) is 1. The van der Waals surface area contributed by atoms with E-state index in [-0.39, 0.29) is 0 Å². The van der Waals surface area contributed by atoms with E-state index in [0.717, 1.165) is 6.42 Å². The van der Waals surface area contributed by atoms with E-state index in [1.165, 1.54) is 11.8 Å². The maximum Gasteiger partial charge on any atom is 0.332 e. The summed E-state index contributed by atoms with van der Waals surface area (Å²) in [4.78, 5) is 11.6. The van der Waals surface area contributed by atoms with Crippen LogP contribution in [0.25, 0.3) is 0 Å². The van der Waals surface area contributed by atoms with Crippen LogP contribution in [-0.2, 0) is 16.0 Å². The van der Waals surface area contributed by atoms with E-state index in [1.807, 2.05) is 17.5 Å². The lowest BCUT2D eigenvalue weighted by Crippen LogP contribution is -2.20. The molecule has 0 fully saturated rings. The minimum Gasteiger partial charge on any atom is -0.479 e. The minimum atomic E-state index is -0.911. The standard InChI is InChI=1S/C9H12O3S/c1-7(9(10)11)12-5-4-8-3-2-6-13-8/h2-3,6-7H,4-5H2,1H3,(H,10,11)/t7-/m0/s1. The van der Waals surface area contributed by atoms with Crippen molar-refractivity contribution >= 4 is 17.3 Å². The highest BCUT2D eigenvalue weighted by atomic mass is 32.1. The summed E-state index contributed by atoms with van der Waals surface area (Å²) in [7, 11) is 0. The maximum absolute atomic E-state index is 10.4. The Kier molecular flexibility index (Phi) is 3.92. The van der Waals surface area contributed by atoms with Gasteiger partial charge in [-0.15, -0.1) is 11.3 Å². The van der Waals surface area contributed by atoms with Crippen molar-refractivity contribution in [3.05, 3.63) is 22.4 Å². The lowest BCUT2D eigenvalue weighted by Gasteiger charge is -2.06. The third kappa shape index (κ3) is 3.57. The first-order valence-corrected chi connectivity index (χ1v) is 4.95. The van der Waals surface area contributed by atoms with Gasteiger partial charge in [-0.3, -0.25) is 0 Å². The first-order valence-electron chi connectivity index (χ1n) is 4.07. The Balaban J connectivity index is 2.18. The SMILES string of the molecule is C[C@H](OCCc1cccs1)C(=O)O. The van der Waals surface area contributed by atoms with Crippen LogP contribution >= 0.6 is 11.3 Å². The molecule has 0 unspecified atom stereocenters. The Morgan fingerprint density at radius 3 is 3.08 bits per heavy atom. The summed E-state index contributed by atoms with van der Waals surface area (Å²) >= 11 is 1.66. The van der Waals surface area contributed by atoms with Crippen molar-refractivity contribution < 1.29 is 14.6 Å². The third-order valence-corrected chi connectivity index (χ3v) is 2.58. The van der Waals surface area contributed by atoms with Crippen LogP contribution < -0.4 is 0 Å². The summed E-state index contributed by atoms with van der Waals surface area (Å²) < 4.78 is 5.08. The minimum absolute atomic E-state index is 0.466. The molecule has 72 valence electrons. The van der Waals surface area contributed by atoms with Gasteiger partial charge < -0.3 is 9.84 Å². The molecule has 3 nitrogen and oxygen atoms in total. The van der Waals surface area contributed by atoms with E-state index in [2.05, 4.69) is 0 Å². The summed E-state index contributed by atoms with van der Waals surface area (Å²) in [6.45, 7) is 2.00. The molecule has 0 aliphatic rings. The molecular weight excluding hydrogens is 188 g/mol. The summed E-state index contributed by atoms with van der Waals surface area (Å²) in [6, 6.07) is 3.99. The maximum atomic E-state index is 10.4. The molecule has 4 heteroatoms. The quantitative estimate of drug-likeness (QED) is 0.788. The van der Waals surface area contributed by atoms with Crippen LogP contribution in [0, 0.1) is 0 Å². The zero-order valence-corrected chi connectivity index (χ0v) is 8.21. The number of carbonyl (C=O) groups is 1. The summed E-state index contributed by atoms with van der Waals surface area (Å²) in [6.07, 6.45) is 0.0786. The lowest BCUT2D eigenvalue weighted by molar-refractivity contribution is -0.149. The Hall–Kier alpha value is -0.870. The molecule has 1 N–H and O–H groups in total. The van der Waals surface area contributed by atoms with Gasteiger partial charge in [0.05, 0.1) is 6.61 Å². The van der Waals surface area contributed by atoms with Gasteiger partial charge in [0.15, 0.2) is 6.10 Å². The Morgan fingerprint density at radius 2 is 2.54 bits per heavy atom. The van der Waals surface area contributed by atoms with E-state index in [4.69, 9.17) is 9.84 Å². The highest BCUT2D eigenvalue weighted by Crippen LogP contribution is 2.09. The fraction of sp³-hybridized carbons (Fsp3) is 0.444. The average Bonchev–Trinajstić information content (AvgIpc) is 2.56. The first-order chi connectivity index (χ1) is 6.20. The van der Waals surface area contributed by atoms with Crippen LogP contribution in [0.1, 0.15) is 11.8 Å². The van der Waals surface area contributed by atoms with Crippen LogP contribution in [0.2, 0.25) is 0 Å². The summed E-state index contributed by atoms with van der Waals surface area (Å²) in [5.74, 6) is -0.911. The highest BCUT2D eigenvalue weighted by Gasteiger charge is 2.10. The van der Waals surface area contributed by atoms with Crippen LogP contribution in [0.5, 0.6) is 0 Å². The number of carboxylic acids is 1. The van der Waals surface area contributed by atoms with Crippen molar-refractivity contribution in [3.63, 3.8) is 0 Å². The largest absolute Gasteiger partial charge is 0.479 e. The number of carboxylic acid groups (broad SMARTS) is 1. The molecule has 0 amide bonds. The fourth-order valence-electron chi connectivity index (χ4n) is 0.862. The predicted molar refractivity (Wildman–Crippen MR) is 51.1 cm³/mol. The van der Waals surface area contributed by atoms with Gasteiger partial charge >= 0.3 is 5.97 Å². The Morgan fingerprint density at radius 1 is 1.77 bits per heavy atom. The summed E-state index contributed by atoms with van der Waals surface area (Å²) in [5, 5.41) is 10.5. The van der Waals surface area contributed by atoms with Crippen LogP contribution in [-0.4, -0.2) is 23.8 Å². The third-order valence-electron chi connectivity index (χ3n) is 1.64. The predicted octanol–water partition coefficient (Wildman–Crippen LogP) is 1.78. The molecule has 1 rings (SSSR count). The normalized spacial score (nSPS) is 12.7. The monoisotopic (exact) mass is 200 g/mol. The second kappa shape index (κ2) is 4.99. The van der Waals surface area contributed by atoms with Gasteiger partial charge in [-0.2, -0.15) is 0 Å².